The third-order valence-corrected chi connectivity index (χ3v) is 4.75. The number of benzene rings is 2. The van der Waals surface area contributed by atoms with E-state index in [1.165, 1.54) is 11.1 Å². The second-order valence-corrected chi connectivity index (χ2v) is 6.50. The number of hydrogen-bond acceptors (Lipinski definition) is 3. The molecular weight excluding hydrogens is 306 g/mol. The lowest BCUT2D eigenvalue weighted by Crippen LogP contribution is -2.27. The van der Waals surface area contributed by atoms with Crippen LogP contribution in [0.3, 0.4) is 0 Å². The Bertz CT molecular complexity index is 670. The first kappa shape index (κ1) is 17.4. The lowest BCUT2D eigenvalue weighted by molar-refractivity contribution is -0.118. The number of methoxy groups -OCH3 is 1. The van der Waals surface area contributed by atoms with Crippen molar-refractivity contribution in [2.75, 3.05) is 19.4 Å². The quantitative estimate of drug-likeness (QED) is 0.786. The van der Waals surface area contributed by atoms with Crippen LogP contribution in [0.4, 0.5) is 0 Å². The number of aryl methyl sites for hydroxylation is 2. The fourth-order valence-electron chi connectivity index (χ4n) is 2.25. The summed E-state index contributed by atoms with van der Waals surface area (Å²) >= 11 is 1.57. The number of carbonyl (C=O) groups is 1. The maximum atomic E-state index is 11.9. The van der Waals surface area contributed by atoms with Gasteiger partial charge in [0.1, 0.15) is 5.75 Å². The first-order valence-corrected chi connectivity index (χ1v) is 8.67. The molecule has 23 heavy (non-hydrogen) atoms. The Morgan fingerprint density at radius 1 is 1.13 bits per heavy atom. The van der Waals surface area contributed by atoms with Gasteiger partial charge < -0.3 is 10.1 Å². The minimum Gasteiger partial charge on any atom is -0.496 e. The van der Waals surface area contributed by atoms with Crippen LogP contribution in [0.1, 0.15) is 16.7 Å². The van der Waals surface area contributed by atoms with Crippen LogP contribution in [-0.4, -0.2) is 25.3 Å². The number of nitrogens with one attached hydrogen (secondary N) is 1. The van der Waals surface area contributed by atoms with Gasteiger partial charge in [-0.3, -0.25) is 4.79 Å². The van der Waals surface area contributed by atoms with Crippen LogP contribution in [0.25, 0.3) is 0 Å². The summed E-state index contributed by atoms with van der Waals surface area (Å²) in [6.07, 6.45) is 0.768. The molecule has 0 bridgehead atoms. The molecule has 0 aliphatic carbocycles. The molecule has 4 heteroatoms. The molecule has 2 rings (SSSR count). The molecule has 0 saturated carbocycles. The third kappa shape index (κ3) is 5.32. The Labute approximate surface area is 142 Å². The number of carbonyl (C=O) groups excluding carboxylic acids is 1. The molecule has 2 aromatic rings. The van der Waals surface area contributed by atoms with Crippen molar-refractivity contribution in [2.24, 2.45) is 0 Å². The zero-order chi connectivity index (χ0) is 16.7. The molecule has 0 fully saturated rings. The lowest BCUT2D eigenvalue weighted by atomic mass is 10.1. The average molecular weight is 329 g/mol. The summed E-state index contributed by atoms with van der Waals surface area (Å²) in [5, 5.41) is 2.96. The van der Waals surface area contributed by atoms with Gasteiger partial charge in [-0.15, -0.1) is 11.8 Å². The Kier molecular flexibility index (Phi) is 6.53. The number of amides is 1. The predicted octanol–water partition coefficient (Wildman–Crippen LogP) is 3.76. The molecule has 0 saturated heterocycles. The standard InChI is InChI=1S/C19H23NO2S/c1-14-8-9-17(12-15(14)2)23-13-19(21)20-11-10-16-6-4-5-7-18(16)22-3/h4-9,12H,10-11,13H2,1-3H3,(H,20,21). The van der Waals surface area contributed by atoms with Crippen LogP contribution in [0.5, 0.6) is 5.75 Å². The highest BCUT2D eigenvalue weighted by Gasteiger charge is 2.05. The van der Waals surface area contributed by atoms with Crippen LogP contribution in [0, 0.1) is 13.8 Å². The Morgan fingerprint density at radius 2 is 1.91 bits per heavy atom. The average Bonchev–Trinajstić information content (AvgIpc) is 2.56. The molecule has 1 N–H and O–H groups in total. The summed E-state index contributed by atoms with van der Waals surface area (Å²) in [6, 6.07) is 14.2. The van der Waals surface area contributed by atoms with Gasteiger partial charge in [-0.2, -0.15) is 0 Å². The van der Waals surface area contributed by atoms with E-state index in [-0.39, 0.29) is 5.91 Å². The van der Waals surface area contributed by atoms with Gasteiger partial charge in [0, 0.05) is 11.4 Å². The van der Waals surface area contributed by atoms with Crippen LogP contribution < -0.4 is 10.1 Å². The molecule has 0 aliphatic rings. The van der Waals surface area contributed by atoms with Gasteiger partial charge in [-0.05, 0) is 55.2 Å². The summed E-state index contributed by atoms with van der Waals surface area (Å²) in [6.45, 7) is 4.80. The van der Waals surface area contributed by atoms with Crippen LogP contribution >= 0.6 is 11.8 Å². The molecule has 0 radical (unpaired) electrons. The van der Waals surface area contributed by atoms with Gasteiger partial charge in [0.25, 0.3) is 0 Å². The number of rotatable bonds is 7. The molecule has 0 unspecified atom stereocenters. The predicted molar refractivity (Wildman–Crippen MR) is 96.3 cm³/mol. The molecule has 0 aromatic heterocycles. The maximum Gasteiger partial charge on any atom is 0.230 e. The number of thioether (sulfide) groups is 1. The lowest BCUT2D eigenvalue weighted by Gasteiger charge is -2.09. The molecule has 3 nitrogen and oxygen atoms in total. The van der Waals surface area contributed by atoms with Crippen LogP contribution in [-0.2, 0) is 11.2 Å². The monoisotopic (exact) mass is 329 g/mol. The largest absolute Gasteiger partial charge is 0.496 e. The Hall–Kier alpha value is -1.94. The van der Waals surface area contributed by atoms with Gasteiger partial charge in [0.05, 0.1) is 12.9 Å². The highest BCUT2D eigenvalue weighted by molar-refractivity contribution is 8.00. The first-order valence-electron chi connectivity index (χ1n) is 7.69. The fourth-order valence-corrected chi connectivity index (χ4v) is 3.07. The van der Waals surface area contributed by atoms with Gasteiger partial charge in [0.15, 0.2) is 0 Å². The van der Waals surface area contributed by atoms with Crippen molar-refractivity contribution >= 4 is 17.7 Å². The maximum absolute atomic E-state index is 11.9. The number of para-hydroxylation sites is 1. The van der Waals surface area contributed by atoms with E-state index in [9.17, 15) is 4.79 Å². The normalized spacial score (nSPS) is 10.4. The highest BCUT2D eigenvalue weighted by Crippen LogP contribution is 2.21. The van der Waals surface area contributed by atoms with Crippen molar-refractivity contribution in [2.45, 2.75) is 25.2 Å². The van der Waals surface area contributed by atoms with Crippen molar-refractivity contribution in [3.8, 4) is 5.75 Å². The molecule has 2 aromatic carbocycles. The van der Waals surface area contributed by atoms with Crippen molar-refractivity contribution in [1.29, 1.82) is 0 Å². The number of ether oxygens (including phenoxy) is 1. The van der Waals surface area contributed by atoms with E-state index in [0.29, 0.717) is 12.3 Å². The Balaban J connectivity index is 1.76. The van der Waals surface area contributed by atoms with Crippen LogP contribution in [0.2, 0.25) is 0 Å². The molecule has 0 aliphatic heterocycles. The van der Waals surface area contributed by atoms with E-state index in [1.807, 2.05) is 24.3 Å². The van der Waals surface area contributed by atoms with Gasteiger partial charge in [-0.1, -0.05) is 24.3 Å². The zero-order valence-electron chi connectivity index (χ0n) is 13.9. The molecular formula is C19H23NO2S. The molecule has 122 valence electrons. The SMILES string of the molecule is COc1ccccc1CCNC(=O)CSc1ccc(C)c(C)c1. The van der Waals surface area contributed by atoms with E-state index < -0.39 is 0 Å². The van der Waals surface area contributed by atoms with Gasteiger partial charge >= 0.3 is 0 Å². The third-order valence-electron chi connectivity index (χ3n) is 3.76. The summed E-state index contributed by atoms with van der Waals surface area (Å²) in [5.41, 5.74) is 3.64. The van der Waals surface area contributed by atoms with Crippen molar-refractivity contribution in [3.63, 3.8) is 0 Å². The minimum absolute atomic E-state index is 0.0585. The van der Waals surface area contributed by atoms with Crippen molar-refractivity contribution in [1.82, 2.24) is 5.32 Å². The molecule has 1 amide bonds. The topological polar surface area (TPSA) is 38.3 Å². The molecule has 0 atom stereocenters. The summed E-state index contributed by atoms with van der Waals surface area (Å²) in [5.74, 6) is 1.36. The first-order chi connectivity index (χ1) is 11.1. The van der Waals surface area contributed by atoms with Crippen molar-refractivity contribution in [3.05, 3.63) is 59.2 Å². The van der Waals surface area contributed by atoms with Crippen LogP contribution in [0.15, 0.2) is 47.4 Å². The summed E-state index contributed by atoms with van der Waals surface area (Å²) < 4.78 is 5.31. The van der Waals surface area contributed by atoms with E-state index in [0.717, 1.165) is 22.6 Å². The molecule has 0 heterocycles. The second-order valence-electron chi connectivity index (χ2n) is 5.45. The number of hydrogen-bond donors (Lipinski definition) is 1. The second kappa shape index (κ2) is 8.63. The van der Waals surface area contributed by atoms with E-state index >= 15 is 0 Å². The van der Waals surface area contributed by atoms with Crippen molar-refractivity contribution < 1.29 is 9.53 Å². The molecule has 0 spiro atoms. The van der Waals surface area contributed by atoms with E-state index in [1.54, 1.807) is 18.9 Å². The van der Waals surface area contributed by atoms with E-state index in [4.69, 9.17) is 4.74 Å². The summed E-state index contributed by atoms with van der Waals surface area (Å²) in [4.78, 5) is 13.1. The van der Waals surface area contributed by atoms with Gasteiger partial charge in [-0.25, -0.2) is 0 Å². The zero-order valence-corrected chi connectivity index (χ0v) is 14.7. The van der Waals surface area contributed by atoms with E-state index in [2.05, 4.69) is 37.4 Å². The minimum atomic E-state index is 0.0585. The Morgan fingerprint density at radius 3 is 2.65 bits per heavy atom. The highest BCUT2D eigenvalue weighted by atomic mass is 32.2. The smallest absolute Gasteiger partial charge is 0.230 e. The fraction of sp³-hybridized carbons (Fsp3) is 0.316. The van der Waals surface area contributed by atoms with Gasteiger partial charge in [0.2, 0.25) is 5.91 Å². The summed E-state index contributed by atoms with van der Waals surface area (Å²) in [7, 11) is 1.66.